The topological polar surface area (TPSA) is 63.7 Å². The van der Waals surface area contributed by atoms with Gasteiger partial charge in [-0.3, -0.25) is 9.59 Å². The van der Waals surface area contributed by atoms with E-state index in [0.29, 0.717) is 6.42 Å². The van der Waals surface area contributed by atoms with E-state index in [1.54, 1.807) is 0 Å². The number of carbonyl (C=O) groups is 3. The van der Waals surface area contributed by atoms with Crippen LogP contribution in [0.2, 0.25) is 0 Å². The second-order valence-corrected chi connectivity index (χ2v) is 8.73. The standard InChI is InChI=1S/C28H25NO4/c30-24-17-23(20-12-6-2-7-13-20)25(21-14-8-3-9-15-21)26(24)27(31)29-22(18-33-28(29)32)16-19-10-4-1-5-11-19/h1-15,22-23,25-26H,16-18H2/t22-,23-,25-,26-/m0/s1. The number of Topliss-reactive ketones (excluding diaryl/α,β-unsaturated/α-hetero) is 1. The molecule has 5 nitrogen and oxygen atoms in total. The maximum atomic E-state index is 13.8. The molecule has 2 fully saturated rings. The number of hydrogen-bond donors (Lipinski definition) is 0. The number of nitrogens with zero attached hydrogens (tertiary/aromatic N) is 1. The van der Waals surface area contributed by atoms with Gasteiger partial charge in [0.1, 0.15) is 18.3 Å². The SMILES string of the molecule is O=C1C[C@@H](c2ccccc2)[C@H](c2ccccc2)[C@H]1C(=O)N1C(=O)OC[C@@H]1Cc1ccccc1. The van der Waals surface area contributed by atoms with Gasteiger partial charge >= 0.3 is 6.09 Å². The smallest absolute Gasteiger partial charge is 0.417 e. The van der Waals surface area contributed by atoms with Crippen LogP contribution in [0.3, 0.4) is 0 Å². The van der Waals surface area contributed by atoms with Gasteiger partial charge in [0.15, 0.2) is 0 Å². The molecule has 1 heterocycles. The zero-order valence-electron chi connectivity index (χ0n) is 18.2. The summed E-state index contributed by atoms with van der Waals surface area (Å²) in [5.41, 5.74) is 2.97. The summed E-state index contributed by atoms with van der Waals surface area (Å²) < 4.78 is 5.27. The fourth-order valence-corrected chi connectivity index (χ4v) is 5.24. The summed E-state index contributed by atoms with van der Waals surface area (Å²) in [4.78, 5) is 41.0. The normalized spacial score (nSPS) is 24.7. The third kappa shape index (κ3) is 4.07. The second-order valence-electron chi connectivity index (χ2n) is 8.73. The summed E-state index contributed by atoms with van der Waals surface area (Å²) in [7, 11) is 0. The van der Waals surface area contributed by atoms with Gasteiger partial charge in [-0.05, 0) is 29.0 Å². The fraction of sp³-hybridized carbons (Fsp3) is 0.250. The molecule has 33 heavy (non-hydrogen) atoms. The van der Waals surface area contributed by atoms with E-state index in [2.05, 4.69) is 0 Å². The Balaban J connectivity index is 1.49. The number of carbonyl (C=O) groups excluding carboxylic acids is 3. The van der Waals surface area contributed by atoms with E-state index in [-0.39, 0.29) is 30.6 Å². The highest BCUT2D eigenvalue weighted by molar-refractivity contribution is 6.09. The predicted octanol–water partition coefficient (Wildman–Crippen LogP) is 4.73. The number of benzene rings is 3. The van der Waals surface area contributed by atoms with E-state index in [0.717, 1.165) is 16.7 Å². The Labute approximate surface area is 193 Å². The Hall–Kier alpha value is -3.73. The molecular weight excluding hydrogens is 414 g/mol. The van der Waals surface area contributed by atoms with Crippen LogP contribution in [0.25, 0.3) is 0 Å². The van der Waals surface area contributed by atoms with E-state index >= 15 is 0 Å². The van der Waals surface area contributed by atoms with E-state index in [1.165, 1.54) is 4.90 Å². The van der Waals surface area contributed by atoms with Crippen LogP contribution in [0.15, 0.2) is 91.0 Å². The number of cyclic esters (lactones) is 1. The van der Waals surface area contributed by atoms with Crippen LogP contribution in [0, 0.1) is 5.92 Å². The van der Waals surface area contributed by atoms with Gasteiger partial charge in [-0.25, -0.2) is 9.69 Å². The van der Waals surface area contributed by atoms with Gasteiger partial charge in [-0.1, -0.05) is 91.0 Å². The Bertz CT molecular complexity index is 1150. The minimum atomic E-state index is -0.915. The van der Waals surface area contributed by atoms with Crippen molar-refractivity contribution >= 4 is 17.8 Å². The maximum absolute atomic E-state index is 13.8. The molecule has 0 spiro atoms. The predicted molar refractivity (Wildman–Crippen MR) is 124 cm³/mol. The molecule has 1 saturated carbocycles. The van der Waals surface area contributed by atoms with Crippen molar-refractivity contribution < 1.29 is 19.1 Å². The first-order valence-electron chi connectivity index (χ1n) is 11.3. The first-order chi connectivity index (χ1) is 16.1. The number of ketones is 1. The quantitative estimate of drug-likeness (QED) is 0.539. The molecule has 3 aromatic rings. The van der Waals surface area contributed by atoms with Crippen LogP contribution >= 0.6 is 0 Å². The monoisotopic (exact) mass is 439 g/mol. The van der Waals surface area contributed by atoms with Gasteiger partial charge in [-0.2, -0.15) is 0 Å². The third-order valence-electron chi connectivity index (χ3n) is 6.75. The fourth-order valence-electron chi connectivity index (χ4n) is 5.24. The zero-order valence-corrected chi connectivity index (χ0v) is 18.2. The van der Waals surface area contributed by atoms with Crippen molar-refractivity contribution in [1.82, 2.24) is 4.90 Å². The minimum Gasteiger partial charge on any atom is -0.447 e. The molecule has 0 radical (unpaired) electrons. The summed E-state index contributed by atoms with van der Waals surface area (Å²) in [6.07, 6.45) is 0.104. The molecule has 1 aliphatic heterocycles. The largest absolute Gasteiger partial charge is 0.447 e. The maximum Gasteiger partial charge on any atom is 0.417 e. The number of ether oxygens (including phenoxy) is 1. The summed E-state index contributed by atoms with van der Waals surface area (Å²) >= 11 is 0. The lowest BCUT2D eigenvalue weighted by atomic mass is 9.79. The van der Waals surface area contributed by atoms with Gasteiger partial charge in [0.2, 0.25) is 5.91 Å². The second kappa shape index (κ2) is 9.02. The average Bonchev–Trinajstić information content (AvgIpc) is 3.40. The van der Waals surface area contributed by atoms with Crippen molar-refractivity contribution in [2.75, 3.05) is 6.61 Å². The number of imide groups is 1. The highest BCUT2D eigenvalue weighted by Gasteiger charge is 2.52. The summed E-state index contributed by atoms with van der Waals surface area (Å²) in [6, 6.07) is 28.8. The van der Waals surface area contributed by atoms with Crippen molar-refractivity contribution in [3.63, 3.8) is 0 Å². The Morgan fingerprint density at radius 1 is 0.818 bits per heavy atom. The molecule has 1 saturated heterocycles. The molecule has 0 bridgehead atoms. The summed E-state index contributed by atoms with van der Waals surface area (Å²) in [6.45, 7) is 0.137. The molecule has 1 aliphatic carbocycles. The molecule has 3 aromatic carbocycles. The average molecular weight is 440 g/mol. The van der Waals surface area contributed by atoms with Gasteiger partial charge in [0.25, 0.3) is 0 Å². The van der Waals surface area contributed by atoms with E-state index in [1.807, 2.05) is 91.0 Å². The Kier molecular flexibility index (Phi) is 5.78. The molecule has 2 amide bonds. The van der Waals surface area contributed by atoms with E-state index in [4.69, 9.17) is 4.74 Å². The molecule has 0 aromatic heterocycles. The van der Waals surface area contributed by atoms with Crippen molar-refractivity contribution in [3.8, 4) is 0 Å². The minimum absolute atomic E-state index is 0.124. The van der Waals surface area contributed by atoms with Gasteiger partial charge in [0.05, 0.1) is 6.04 Å². The lowest BCUT2D eigenvalue weighted by molar-refractivity contribution is -0.138. The third-order valence-corrected chi connectivity index (χ3v) is 6.75. The number of hydrogen-bond acceptors (Lipinski definition) is 4. The highest BCUT2D eigenvalue weighted by Crippen LogP contribution is 2.48. The van der Waals surface area contributed by atoms with Crippen molar-refractivity contribution in [2.24, 2.45) is 5.92 Å². The van der Waals surface area contributed by atoms with Crippen LogP contribution < -0.4 is 0 Å². The van der Waals surface area contributed by atoms with Gasteiger partial charge < -0.3 is 4.74 Å². The first-order valence-corrected chi connectivity index (χ1v) is 11.3. The molecule has 5 rings (SSSR count). The molecule has 0 unspecified atom stereocenters. The van der Waals surface area contributed by atoms with Crippen molar-refractivity contribution in [1.29, 1.82) is 0 Å². The molecule has 5 heteroatoms. The zero-order chi connectivity index (χ0) is 22.8. The van der Waals surface area contributed by atoms with Gasteiger partial charge in [0, 0.05) is 12.3 Å². The molecule has 4 atom stereocenters. The molecule has 2 aliphatic rings. The van der Waals surface area contributed by atoms with Crippen molar-refractivity contribution in [2.45, 2.75) is 30.7 Å². The lowest BCUT2D eigenvalue weighted by Crippen LogP contribution is -2.46. The van der Waals surface area contributed by atoms with E-state index in [9.17, 15) is 14.4 Å². The van der Waals surface area contributed by atoms with Crippen LogP contribution in [0.5, 0.6) is 0 Å². The molecular formula is C28H25NO4. The summed E-state index contributed by atoms with van der Waals surface area (Å²) in [5, 5.41) is 0. The Morgan fingerprint density at radius 3 is 2.03 bits per heavy atom. The highest BCUT2D eigenvalue weighted by atomic mass is 16.6. The van der Waals surface area contributed by atoms with Crippen LogP contribution in [0.4, 0.5) is 4.79 Å². The number of amides is 2. The molecule has 166 valence electrons. The van der Waals surface area contributed by atoms with Crippen LogP contribution in [-0.2, 0) is 20.7 Å². The van der Waals surface area contributed by atoms with Crippen molar-refractivity contribution in [3.05, 3.63) is 108 Å². The molecule has 0 N–H and O–H groups in total. The van der Waals surface area contributed by atoms with Gasteiger partial charge in [-0.15, -0.1) is 0 Å². The first kappa shape index (κ1) is 21.1. The lowest BCUT2D eigenvalue weighted by Gasteiger charge is -2.28. The van der Waals surface area contributed by atoms with E-state index < -0.39 is 24.0 Å². The number of rotatable bonds is 5. The Morgan fingerprint density at radius 2 is 1.39 bits per heavy atom. The van der Waals surface area contributed by atoms with Crippen LogP contribution in [-0.4, -0.2) is 35.3 Å². The summed E-state index contributed by atoms with van der Waals surface area (Å²) in [5.74, 6) is -1.95. The van der Waals surface area contributed by atoms with Crippen LogP contribution in [0.1, 0.15) is 34.9 Å².